The van der Waals surface area contributed by atoms with Crippen molar-refractivity contribution in [2.75, 3.05) is 0 Å². The summed E-state index contributed by atoms with van der Waals surface area (Å²) in [6.07, 6.45) is 2.87. The van der Waals surface area contributed by atoms with Crippen molar-refractivity contribution in [3.63, 3.8) is 0 Å². The van der Waals surface area contributed by atoms with Gasteiger partial charge in [0.15, 0.2) is 0 Å². The Bertz CT molecular complexity index is 193. The summed E-state index contributed by atoms with van der Waals surface area (Å²) in [5, 5.41) is 0. The molecule has 1 N–H and O–H groups in total. The molecule has 4 nitrogen and oxygen atoms in total. The number of nitrogens with zero attached hydrogens (tertiary/aromatic N) is 1. The van der Waals surface area contributed by atoms with E-state index in [1.54, 1.807) is 0 Å². The fraction of sp³-hybridized carbons (Fsp3) is 0.200. The van der Waals surface area contributed by atoms with E-state index in [2.05, 4.69) is 14.7 Å². The zero-order valence-electron chi connectivity index (χ0n) is 4.92. The SMILES string of the molecule is CC(=O)Oc1cnc[nH]1. The molecule has 0 bridgehead atoms. The minimum atomic E-state index is -0.348. The molecule has 0 saturated carbocycles. The molecule has 0 aliphatic carbocycles. The zero-order valence-corrected chi connectivity index (χ0v) is 4.92. The number of hydrogen-bond donors (Lipinski definition) is 1. The second-order valence-electron chi connectivity index (χ2n) is 1.51. The van der Waals surface area contributed by atoms with Crippen molar-refractivity contribution >= 4 is 5.97 Å². The fourth-order valence-corrected chi connectivity index (χ4v) is 0.454. The predicted octanol–water partition coefficient (Wildman–Crippen LogP) is 0.335. The average Bonchev–Trinajstić information content (AvgIpc) is 2.15. The first-order valence-corrected chi connectivity index (χ1v) is 2.46. The van der Waals surface area contributed by atoms with Gasteiger partial charge in [-0.15, -0.1) is 0 Å². The second kappa shape index (κ2) is 2.30. The van der Waals surface area contributed by atoms with Gasteiger partial charge < -0.3 is 9.72 Å². The summed E-state index contributed by atoms with van der Waals surface area (Å²) in [5.41, 5.74) is 0. The Kier molecular flexibility index (Phi) is 1.48. The zero-order chi connectivity index (χ0) is 6.69. The molecule has 9 heavy (non-hydrogen) atoms. The van der Waals surface area contributed by atoms with Crippen LogP contribution in [0.2, 0.25) is 0 Å². The van der Waals surface area contributed by atoms with Crippen molar-refractivity contribution in [1.29, 1.82) is 0 Å². The van der Waals surface area contributed by atoms with Crippen molar-refractivity contribution in [3.8, 4) is 5.88 Å². The third kappa shape index (κ3) is 1.56. The van der Waals surface area contributed by atoms with E-state index in [1.807, 2.05) is 0 Å². The van der Waals surface area contributed by atoms with Gasteiger partial charge in [-0.25, -0.2) is 4.98 Å². The van der Waals surface area contributed by atoms with E-state index in [1.165, 1.54) is 19.4 Å². The number of imidazole rings is 1. The van der Waals surface area contributed by atoms with Crippen LogP contribution in [0.3, 0.4) is 0 Å². The monoisotopic (exact) mass is 126 g/mol. The number of carbonyl (C=O) groups is 1. The van der Waals surface area contributed by atoms with Gasteiger partial charge in [-0.2, -0.15) is 0 Å². The van der Waals surface area contributed by atoms with Gasteiger partial charge in [0.25, 0.3) is 0 Å². The summed E-state index contributed by atoms with van der Waals surface area (Å²) >= 11 is 0. The highest BCUT2D eigenvalue weighted by molar-refractivity contribution is 5.68. The lowest BCUT2D eigenvalue weighted by Crippen LogP contribution is -2.00. The van der Waals surface area contributed by atoms with Crippen LogP contribution in [-0.2, 0) is 4.79 Å². The van der Waals surface area contributed by atoms with Crippen LogP contribution >= 0.6 is 0 Å². The molecular formula is C5H6N2O2. The van der Waals surface area contributed by atoms with Crippen LogP contribution in [0.25, 0.3) is 0 Å². The van der Waals surface area contributed by atoms with E-state index in [0.29, 0.717) is 5.88 Å². The molecule has 1 aromatic heterocycles. The van der Waals surface area contributed by atoms with Crippen LogP contribution in [0.15, 0.2) is 12.5 Å². The summed E-state index contributed by atoms with van der Waals surface area (Å²) in [6, 6.07) is 0. The Morgan fingerprint density at radius 3 is 3.11 bits per heavy atom. The molecule has 0 aliphatic heterocycles. The standard InChI is InChI=1S/C5H6N2O2/c1-4(8)9-5-2-6-3-7-5/h2-3H,1H3,(H,6,7). The van der Waals surface area contributed by atoms with Gasteiger partial charge in [-0.3, -0.25) is 4.79 Å². The van der Waals surface area contributed by atoms with Gasteiger partial charge in [0.2, 0.25) is 5.88 Å². The average molecular weight is 126 g/mol. The molecule has 0 aromatic carbocycles. The Morgan fingerprint density at radius 1 is 1.89 bits per heavy atom. The van der Waals surface area contributed by atoms with Gasteiger partial charge in [-0.05, 0) is 0 Å². The number of nitrogens with one attached hydrogen (secondary N) is 1. The maximum absolute atomic E-state index is 10.2. The first-order valence-electron chi connectivity index (χ1n) is 2.46. The van der Waals surface area contributed by atoms with Crippen LogP contribution < -0.4 is 4.74 Å². The van der Waals surface area contributed by atoms with E-state index in [4.69, 9.17) is 0 Å². The lowest BCUT2D eigenvalue weighted by Gasteiger charge is -1.91. The topological polar surface area (TPSA) is 55.0 Å². The molecule has 0 amide bonds. The van der Waals surface area contributed by atoms with E-state index in [0.717, 1.165) is 0 Å². The number of rotatable bonds is 1. The van der Waals surface area contributed by atoms with Gasteiger partial charge in [-0.1, -0.05) is 0 Å². The van der Waals surface area contributed by atoms with Crippen LogP contribution in [0.4, 0.5) is 0 Å². The smallest absolute Gasteiger partial charge is 0.309 e. The Morgan fingerprint density at radius 2 is 2.67 bits per heavy atom. The first kappa shape index (κ1) is 5.81. The highest BCUT2D eigenvalue weighted by Crippen LogP contribution is 2.00. The van der Waals surface area contributed by atoms with Crippen LogP contribution in [0, 0.1) is 0 Å². The van der Waals surface area contributed by atoms with Crippen LogP contribution in [-0.4, -0.2) is 15.9 Å². The lowest BCUT2D eigenvalue weighted by atomic mass is 10.8. The Hall–Kier alpha value is -1.32. The van der Waals surface area contributed by atoms with Crippen molar-refractivity contribution < 1.29 is 9.53 Å². The maximum atomic E-state index is 10.2. The van der Waals surface area contributed by atoms with Crippen molar-refractivity contribution in [2.45, 2.75) is 6.92 Å². The molecule has 0 radical (unpaired) electrons. The predicted molar refractivity (Wildman–Crippen MR) is 29.9 cm³/mol. The Labute approximate surface area is 51.9 Å². The highest BCUT2D eigenvalue weighted by atomic mass is 16.5. The van der Waals surface area contributed by atoms with Crippen LogP contribution in [0.5, 0.6) is 5.88 Å². The summed E-state index contributed by atoms with van der Waals surface area (Å²) in [7, 11) is 0. The third-order valence-corrected chi connectivity index (χ3v) is 0.727. The normalized spacial score (nSPS) is 9.00. The molecular weight excluding hydrogens is 120 g/mol. The Balaban J connectivity index is 2.58. The molecule has 1 rings (SSSR count). The summed E-state index contributed by atoms with van der Waals surface area (Å²) < 4.78 is 4.60. The molecule has 0 saturated heterocycles. The largest absolute Gasteiger partial charge is 0.408 e. The van der Waals surface area contributed by atoms with Crippen molar-refractivity contribution in [3.05, 3.63) is 12.5 Å². The van der Waals surface area contributed by atoms with Gasteiger partial charge in [0.1, 0.15) is 0 Å². The number of H-pyrrole nitrogens is 1. The molecule has 1 heterocycles. The second-order valence-corrected chi connectivity index (χ2v) is 1.51. The van der Waals surface area contributed by atoms with Crippen molar-refractivity contribution in [2.24, 2.45) is 0 Å². The van der Waals surface area contributed by atoms with E-state index in [-0.39, 0.29) is 5.97 Å². The summed E-state index contributed by atoms with van der Waals surface area (Å²) in [4.78, 5) is 16.5. The first-order chi connectivity index (χ1) is 4.29. The fourth-order valence-electron chi connectivity index (χ4n) is 0.454. The molecule has 1 aromatic rings. The van der Waals surface area contributed by atoms with Crippen LogP contribution in [0.1, 0.15) is 6.92 Å². The minimum Gasteiger partial charge on any atom is -0.408 e. The van der Waals surface area contributed by atoms with E-state index in [9.17, 15) is 4.79 Å². The third-order valence-electron chi connectivity index (χ3n) is 0.727. The molecule has 0 aliphatic rings. The molecule has 0 spiro atoms. The molecule has 0 atom stereocenters. The van der Waals surface area contributed by atoms with Gasteiger partial charge >= 0.3 is 5.97 Å². The lowest BCUT2D eigenvalue weighted by molar-refractivity contribution is -0.132. The van der Waals surface area contributed by atoms with E-state index >= 15 is 0 Å². The summed E-state index contributed by atoms with van der Waals surface area (Å²) in [5.74, 6) is 0.0294. The molecule has 4 heteroatoms. The van der Waals surface area contributed by atoms with E-state index < -0.39 is 0 Å². The highest BCUT2D eigenvalue weighted by Gasteiger charge is 1.95. The molecule has 0 unspecified atom stereocenters. The maximum Gasteiger partial charge on any atom is 0.309 e. The number of aromatic amines is 1. The quantitative estimate of drug-likeness (QED) is 0.552. The number of aromatic nitrogens is 2. The van der Waals surface area contributed by atoms with Gasteiger partial charge in [0, 0.05) is 6.92 Å². The van der Waals surface area contributed by atoms with Crippen molar-refractivity contribution in [1.82, 2.24) is 9.97 Å². The molecule has 0 fully saturated rings. The number of ether oxygens (including phenoxy) is 1. The number of carbonyl (C=O) groups excluding carboxylic acids is 1. The number of hydrogen-bond acceptors (Lipinski definition) is 3. The minimum absolute atomic E-state index is 0.348. The van der Waals surface area contributed by atoms with Gasteiger partial charge in [0.05, 0.1) is 12.5 Å². The summed E-state index contributed by atoms with van der Waals surface area (Å²) in [6.45, 7) is 1.33. The molecule has 48 valence electrons. The number of esters is 1.